The maximum Gasteiger partial charge on any atom is 0.357 e. The quantitative estimate of drug-likeness (QED) is 0.689. The zero-order chi connectivity index (χ0) is 15.0. The second-order valence-corrected chi connectivity index (χ2v) is 6.43. The molecule has 1 aliphatic heterocycles. The van der Waals surface area contributed by atoms with Crippen LogP contribution in [0.25, 0.3) is 4.83 Å². The van der Waals surface area contributed by atoms with Crippen LogP contribution in [-0.4, -0.2) is 35.6 Å². The maximum absolute atomic E-state index is 12.4. The van der Waals surface area contributed by atoms with Gasteiger partial charge in [0.05, 0.1) is 16.4 Å². The van der Waals surface area contributed by atoms with E-state index in [-0.39, 0.29) is 30.0 Å². The first-order chi connectivity index (χ1) is 10.2. The molecule has 2 aromatic rings. The zero-order valence-corrected chi connectivity index (χ0v) is 13.1. The van der Waals surface area contributed by atoms with Crippen LogP contribution in [0.2, 0.25) is 0 Å². The number of nitrogens with one attached hydrogen (secondary N) is 1. The van der Waals surface area contributed by atoms with Crippen LogP contribution in [0.15, 0.2) is 26.3 Å². The Kier molecular flexibility index (Phi) is 3.73. The normalized spacial score (nSPS) is 13.5. The minimum Gasteiger partial charge on any atom is -0.461 e. The molecule has 110 valence electrons. The van der Waals surface area contributed by atoms with Crippen LogP contribution >= 0.6 is 23.1 Å². The fourth-order valence-electron chi connectivity index (χ4n) is 2.18. The Morgan fingerprint density at radius 2 is 2.43 bits per heavy atom. The fraction of sp³-hybridized carbons (Fsp3) is 0.308. The second-order valence-electron chi connectivity index (χ2n) is 4.26. The summed E-state index contributed by atoms with van der Waals surface area (Å²) >= 11 is 3.15. The topological polar surface area (TPSA) is 72.2 Å². The van der Waals surface area contributed by atoms with Gasteiger partial charge in [-0.1, -0.05) is 0 Å². The molecule has 0 aromatic carbocycles. The highest BCUT2D eigenvalue weighted by atomic mass is 32.2. The summed E-state index contributed by atoms with van der Waals surface area (Å²) in [4.78, 5) is 29.3. The first-order valence-electron chi connectivity index (χ1n) is 6.34. The fourth-order valence-corrected chi connectivity index (χ4v) is 3.75. The standard InChI is InChI=1S/C13H13N3O3S2/c1-3-19-13(18)11-10-7(17)4-8-16(5-9(20-2)21-8)12(10)15-6-14-11/h4-5,15H,3,6H2,1-2H3. The van der Waals surface area contributed by atoms with Crippen molar-refractivity contribution in [1.29, 1.82) is 0 Å². The van der Waals surface area contributed by atoms with Gasteiger partial charge >= 0.3 is 5.97 Å². The predicted octanol–water partition coefficient (Wildman–Crippen LogP) is 1.82. The highest BCUT2D eigenvalue weighted by molar-refractivity contribution is 8.00. The van der Waals surface area contributed by atoms with Crippen LogP contribution in [0.1, 0.15) is 12.5 Å². The van der Waals surface area contributed by atoms with E-state index in [1.165, 1.54) is 17.4 Å². The highest BCUT2D eigenvalue weighted by Crippen LogP contribution is 2.29. The Morgan fingerprint density at radius 1 is 1.62 bits per heavy atom. The average Bonchev–Trinajstić information content (AvgIpc) is 2.90. The van der Waals surface area contributed by atoms with E-state index in [0.29, 0.717) is 5.82 Å². The number of rotatable bonds is 3. The van der Waals surface area contributed by atoms with Gasteiger partial charge in [0, 0.05) is 12.3 Å². The molecule has 6 nitrogen and oxygen atoms in total. The lowest BCUT2D eigenvalue weighted by Crippen LogP contribution is -2.31. The summed E-state index contributed by atoms with van der Waals surface area (Å²) in [6.07, 6.45) is 3.93. The molecule has 3 heterocycles. The van der Waals surface area contributed by atoms with Gasteiger partial charge in [-0.2, -0.15) is 0 Å². The predicted molar refractivity (Wildman–Crippen MR) is 85.0 cm³/mol. The van der Waals surface area contributed by atoms with Crippen LogP contribution in [0, 0.1) is 0 Å². The first kappa shape index (κ1) is 14.2. The summed E-state index contributed by atoms with van der Waals surface area (Å²) in [7, 11) is 0. The molecule has 0 radical (unpaired) electrons. The van der Waals surface area contributed by atoms with E-state index in [4.69, 9.17) is 4.74 Å². The number of aliphatic imine (C=N–C) groups is 1. The number of anilines is 1. The average molecular weight is 323 g/mol. The molecule has 8 heteroatoms. The van der Waals surface area contributed by atoms with E-state index in [1.807, 2.05) is 16.9 Å². The van der Waals surface area contributed by atoms with Crippen molar-refractivity contribution in [1.82, 2.24) is 4.40 Å². The van der Waals surface area contributed by atoms with Gasteiger partial charge in [0.15, 0.2) is 11.1 Å². The lowest BCUT2D eigenvalue weighted by atomic mass is 10.1. The lowest BCUT2D eigenvalue weighted by molar-refractivity contribution is -0.134. The molecule has 0 unspecified atom stereocenters. The van der Waals surface area contributed by atoms with Crippen LogP contribution in [0.5, 0.6) is 0 Å². The van der Waals surface area contributed by atoms with Crippen LogP contribution in [0.3, 0.4) is 0 Å². The van der Waals surface area contributed by atoms with Gasteiger partial charge in [0.2, 0.25) is 0 Å². The van der Waals surface area contributed by atoms with Gasteiger partial charge in [0.1, 0.15) is 17.3 Å². The van der Waals surface area contributed by atoms with Crippen molar-refractivity contribution in [2.24, 2.45) is 4.99 Å². The van der Waals surface area contributed by atoms with Gasteiger partial charge in [-0.25, -0.2) is 4.79 Å². The number of nitrogens with zero attached hydrogens (tertiary/aromatic N) is 2. The van der Waals surface area contributed by atoms with Gasteiger partial charge < -0.3 is 10.1 Å². The zero-order valence-electron chi connectivity index (χ0n) is 11.5. The maximum atomic E-state index is 12.4. The Balaban J connectivity index is 2.23. The van der Waals surface area contributed by atoms with Crippen LogP contribution < -0.4 is 10.7 Å². The van der Waals surface area contributed by atoms with E-state index in [1.54, 1.807) is 18.7 Å². The number of pyridine rings is 1. The van der Waals surface area contributed by atoms with Crippen molar-refractivity contribution < 1.29 is 9.53 Å². The number of carbonyl (C=O) groups excluding carboxylic acids is 1. The molecule has 0 atom stereocenters. The molecular formula is C13H13N3O3S2. The van der Waals surface area contributed by atoms with E-state index in [9.17, 15) is 9.59 Å². The van der Waals surface area contributed by atoms with Gasteiger partial charge in [-0.05, 0) is 13.2 Å². The molecule has 0 aliphatic carbocycles. The Bertz CT molecular complexity index is 807. The first-order valence-corrected chi connectivity index (χ1v) is 8.38. The number of thiazole rings is 1. The molecule has 3 rings (SSSR count). The number of ether oxygens (including phenoxy) is 1. The van der Waals surface area contributed by atoms with Gasteiger partial charge in [0.25, 0.3) is 0 Å². The van der Waals surface area contributed by atoms with Crippen molar-refractivity contribution >= 4 is 45.4 Å². The molecule has 0 amide bonds. The number of aromatic nitrogens is 1. The summed E-state index contributed by atoms with van der Waals surface area (Å²) < 4.78 is 7.96. The third-order valence-corrected chi connectivity index (χ3v) is 5.13. The van der Waals surface area contributed by atoms with Gasteiger partial charge in [-0.15, -0.1) is 23.1 Å². The second kappa shape index (κ2) is 5.53. The lowest BCUT2D eigenvalue weighted by Gasteiger charge is -2.18. The number of hydrogen-bond donors (Lipinski definition) is 1. The molecular weight excluding hydrogens is 310 g/mol. The van der Waals surface area contributed by atoms with Crippen LogP contribution in [0.4, 0.5) is 5.82 Å². The Hall–Kier alpha value is -1.80. The third-order valence-electron chi connectivity index (χ3n) is 3.05. The highest BCUT2D eigenvalue weighted by Gasteiger charge is 2.27. The number of esters is 1. The Labute approximate surface area is 128 Å². The smallest absolute Gasteiger partial charge is 0.357 e. The molecule has 0 saturated carbocycles. The summed E-state index contributed by atoms with van der Waals surface area (Å²) in [5.41, 5.74) is 0.156. The third kappa shape index (κ3) is 2.34. The summed E-state index contributed by atoms with van der Waals surface area (Å²) in [5, 5.41) is 3.08. The van der Waals surface area contributed by atoms with Crippen molar-refractivity contribution in [3.05, 3.63) is 28.0 Å². The van der Waals surface area contributed by atoms with Crippen molar-refractivity contribution in [3.8, 4) is 0 Å². The SMILES string of the molecule is CCOC(=O)C1=NCNc2c1c(=O)cc1sc(SC)cn21. The Morgan fingerprint density at radius 3 is 3.14 bits per heavy atom. The van der Waals surface area contributed by atoms with Gasteiger partial charge in [-0.3, -0.25) is 14.2 Å². The van der Waals surface area contributed by atoms with E-state index in [0.717, 1.165) is 9.04 Å². The molecule has 0 fully saturated rings. The number of hydrogen-bond acceptors (Lipinski definition) is 7. The van der Waals surface area contributed by atoms with Crippen LogP contribution in [-0.2, 0) is 9.53 Å². The summed E-state index contributed by atoms with van der Waals surface area (Å²) in [6, 6.07) is 1.53. The minimum atomic E-state index is -0.558. The van der Waals surface area contributed by atoms with E-state index >= 15 is 0 Å². The summed E-state index contributed by atoms with van der Waals surface area (Å²) in [5.74, 6) is 0.0460. The minimum absolute atomic E-state index is 0.0990. The van der Waals surface area contributed by atoms with Crippen molar-refractivity contribution in [2.75, 3.05) is 24.8 Å². The number of fused-ring (bicyclic) bond motifs is 3. The van der Waals surface area contributed by atoms with Crippen molar-refractivity contribution in [3.63, 3.8) is 0 Å². The summed E-state index contributed by atoms with van der Waals surface area (Å²) in [6.45, 7) is 2.22. The molecule has 2 aromatic heterocycles. The molecule has 0 saturated heterocycles. The largest absolute Gasteiger partial charge is 0.461 e. The monoisotopic (exact) mass is 323 g/mol. The molecule has 1 aliphatic rings. The molecule has 0 bridgehead atoms. The van der Waals surface area contributed by atoms with Crippen molar-refractivity contribution in [2.45, 2.75) is 11.1 Å². The van der Waals surface area contributed by atoms with E-state index in [2.05, 4.69) is 10.3 Å². The molecule has 0 spiro atoms. The number of carbonyl (C=O) groups is 1. The molecule has 21 heavy (non-hydrogen) atoms. The molecule has 1 N–H and O–H groups in total. The van der Waals surface area contributed by atoms with E-state index < -0.39 is 5.97 Å². The number of thioether (sulfide) groups is 1.